The molecule has 1 nitrogen and oxygen atoms in total. The minimum absolute atomic E-state index is 0.718. The van der Waals surface area contributed by atoms with Crippen LogP contribution in [0.5, 0.6) is 0 Å². The third kappa shape index (κ3) is 2.75. The molecule has 78 valence electrons. The van der Waals surface area contributed by atoms with E-state index in [2.05, 4.69) is 50.1 Å². The summed E-state index contributed by atoms with van der Waals surface area (Å²) in [6.07, 6.45) is 0. The molecule has 1 aliphatic heterocycles. The van der Waals surface area contributed by atoms with Crippen molar-refractivity contribution in [1.29, 1.82) is 0 Å². The van der Waals surface area contributed by atoms with Crippen LogP contribution in [0.25, 0.3) is 0 Å². The van der Waals surface area contributed by atoms with Crippen LogP contribution in [0.2, 0.25) is 0 Å². The molecule has 0 saturated carbocycles. The molecule has 2 rings (SSSR count). The smallest absolute Gasteiger partial charge is 0.0331 e. The maximum Gasteiger partial charge on any atom is 0.0331 e. The van der Waals surface area contributed by atoms with Crippen molar-refractivity contribution in [2.24, 2.45) is 0 Å². The van der Waals surface area contributed by atoms with Crippen LogP contribution in [-0.2, 0) is 6.54 Å². The van der Waals surface area contributed by atoms with Gasteiger partial charge in [-0.1, -0.05) is 22.0 Å². The summed E-state index contributed by atoms with van der Waals surface area (Å²) in [5, 5.41) is 3.27. The first kappa shape index (κ1) is 11.0. The van der Waals surface area contributed by atoms with Gasteiger partial charge in [-0.2, -0.15) is 11.8 Å². The topological polar surface area (TPSA) is 3.24 Å². The van der Waals surface area contributed by atoms with E-state index >= 15 is 0 Å². The van der Waals surface area contributed by atoms with E-state index in [-0.39, 0.29) is 0 Å². The van der Waals surface area contributed by atoms with Gasteiger partial charge in [0.05, 0.1) is 0 Å². The Hall–Kier alpha value is 0.490. The lowest BCUT2D eigenvalue weighted by Gasteiger charge is -2.33. The summed E-state index contributed by atoms with van der Waals surface area (Å²) >= 11 is 7.54. The predicted molar refractivity (Wildman–Crippen MR) is 69.6 cm³/mol. The van der Waals surface area contributed by atoms with E-state index in [1.807, 2.05) is 11.3 Å². The van der Waals surface area contributed by atoms with Crippen molar-refractivity contribution in [3.8, 4) is 0 Å². The van der Waals surface area contributed by atoms with E-state index < -0.39 is 0 Å². The van der Waals surface area contributed by atoms with Gasteiger partial charge in [-0.15, -0.1) is 11.3 Å². The van der Waals surface area contributed by atoms with Crippen LogP contribution in [0.4, 0.5) is 0 Å². The average molecular weight is 292 g/mol. The van der Waals surface area contributed by atoms with Crippen LogP contribution in [0, 0.1) is 0 Å². The number of thiophene rings is 1. The SMILES string of the molecule is BrCC1CSCCN1Cc1cccs1. The quantitative estimate of drug-likeness (QED) is 0.788. The molecule has 1 aromatic heterocycles. The van der Waals surface area contributed by atoms with Crippen LogP contribution in [0.3, 0.4) is 0 Å². The highest BCUT2D eigenvalue weighted by Gasteiger charge is 2.21. The van der Waals surface area contributed by atoms with Gasteiger partial charge in [0, 0.05) is 40.8 Å². The molecule has 0 radical (unpaired) electrons. The zero-order chi connectivity index (χ0) is 9.80. The summed E-state index contributed by atoms with van der Waals surface area (Å²) in [5.74, 6) is 2.56. The van der Waals surface area contributed by atoms with E-state index in [1.54, 1.807) is 0 Å². The van der Waals surface area contributed by atoms with Gasteiger partial charge in [-0.25, -0.2) is 0 Å². The molecule has 0 N–H and O–H groups in total. The number of thioether (sulfide) groups is 1. The third-order valence-corrected chi connectivity index (χ3v) is 5.17. The van der Waals surface area contributed by atoms with Crippen LogP contribution in [-0.4, -0.2) is 34.3 Å². The van der Waals surface area contributed by atoms with E-state index in [1.165, 1.54) is 22.9 Å². The van der Waals surface area contributed by atoms with Crippen molar-refractivity contribution in [3.05, 3.63) is 22.4 Å². The molecule has 0 bridgehead atoms. The van der Waals surface area contributed by atoms with Gasteiger partial charge in [0.1, 0.15) is 0 Å². The minimum atomic E-state index is 0.718. The lowest BCUT2D eigenvalue weighted by atomic mass is 10.3. The van der Waals surface area contributed by atoms with Crippen LogP contribution >= 0.6 is 39.0 Å². The zero-order valence-electron chi connectivity index (χ0n) is 7.99. The Bertz CT molecular complexity index is 263. The average Bonchev–Trinajstić information content (AvgIpc) is 2.71. The number of rotatable bonds is 3. The first-order valence-electron chi connectivity index (χ1n) is 4.80. The van der Waals surface area contributed by atoms with Crippen LogP contribution in [0.1, 0.15) is 4.88 Å². The number of hydrogen-bond acceptors (Lipinski definition) is 3. The van der Waals surface area contributed by atoms with Gasteiger partial charge < -0.3 is 0 Å². The highest BCUT2D eigenvalue weighted by Crippen LogP contribution is 2.21. The molecule has 0 aromatic carbocycles. The van der Waals surface area contributed by atoms with Gasteiger partial charge in [-0.05, 0) is 11.4 Å². The first-order chi connectivity index (χ1) is 6.90. The standard InChI is InChI=1S/C10H14BrNS2/c11-6-9-8-13-5-3-12(9)7-10-2-1-4-14-10/h1-2,4,9H,3,5-8H2. The Balaban J connectivity index is 1.94. The molecule has 14 heavy (non-hydrogen) atoms. The third-order valence-electron chi connectivity index (χ3n) is 2.47. The molecule has 1 aromatic rings. The van der Waals surface area contributed by atoms with Crippen molar-refractivity contribution >= 4 is 39.0 Å². The molecule has 0 amide bonds. The number of alkyl halides is 1. The predicted octanol–water partition coefficient (Wildman–Crippen LogP) is 3.06. The fourth-order valence-corrected chi connectivity index (χ4v) is 4.44. The number of hydrogen-bond donors (Lipinski definition) is 0. The Morgan fingerprint density at radius 1 is 1.57 bits per heavy atom. The molecule has 1 unspecified atom stereocenters. The summed E-state index contributed by atoms with van der Waals surface area (Å²) in [5.41, 5.74) is 0. The molecular formula is C10H14BrNS2. The lowest BCUT2D eigenvalue weighted by molar-refractivity contribution is 0.230. The van der Waals surface area contributed by atoms with Crippen molar-refractivity contribution < 1.29 is 0 Å². The summed E-state index contributed by atoms with van der Waals surface area (Å²) < 4.78 is 0. The maximum absolute atomic E-state index is 3.60. The minimum Gasteiger partial charge on any atom is -0.293 e. The lowest BCUT2D eigenvalue weighted by Crippen LogP contribution is -2.42. The van der Waals surface area contributed by atoms with Crippen LogP contribution < -0.4 is 0 Å². The molecule has 2 heterocycles. The summed E-state index contributed by atoms with van der Waals surface area (Å²) in [6.45, 7) is 2.37. The van der Waals surface area contributed by atoms with Gasteiger partial charge in [0.15, 0.2) is 0 Å². The Morgan fingerprint density at radius 2 is 2.50 bits per heavy atom. The van der Waals surface area contributed by atoms with Gasteiger partial charge in [0.25, 0.3) is 0 Å². The normalized spacial score (nSPS) is 23.9. The van der Waals surface area contributed by atoms with Crippen molar-refractivity contribution in [3.63, 3.8) is 0 Å². The second kappa shape index (κ2) is 5.54. The molecule has 0 spiro atoms. The molecule has 1 saturated heterocycles. The van der Waals surface area contributed by atoms with E-state index in [4.69, 9.17) is 0 Å². The summed E-state index contributed by atoms with van der Waals surface area (Å²) in [4.78, 5) is 4.08. The summed E-state index contributed by atoms with van der Waals surface area (Å²) in [6, 6.07) is 5.09. The van der Waals surface area contributed by atoms with E-state index in [0.29, 0.717) is 0 Å². The molecule has 4 heteroatoms. The molecule has 1 fully saturated rings. The van der Waals surface area contributed by atoms with Crippen molar-refractivity contribution in [2.45, 2.75) is 12.6 Å². The second-order valence-electron chi connectivity index (χ2n) is 3.43. The fourth-order valence-electron chi connectivity index (χ4n) is 1.64. The van der Waals surface area contributed by atoms with Gasteiger partial charge in [-0.3, -0.25) is 4.90 Å². The highest BCUT2D eigenvalue weighted by molar-refractivity contribution is 9.09. The molecule has 1 atom stereocenters. The number of halogens is 1. The first-order valence-corrected chi connectivity index (χ1v) is 7.96. The maximum atomic E-state index is 3.60. The molecular weight excluding hydrogens is 278 g/mol. The van der Waals surface area contributed by atoms with Gasteiger partial charge in [0.2, 0.25) is 0 Å². The van der Waals surface area contributed by atoms with Gasteiger partial charge >= 0.3 is 0 Å². The Labute approximate surface area is 102 Å². The molecule has 1 aliphatic rings. The highest BCUT2D eigenvalue weighted by atomic mass is 79.9. The van der Waals surface area contributed by atoms with Crippen LogP contribution in [0.15, 0.2) is 17.5 Å². The van der Waals surface area contributed by atoms with Crippen molar-refractivity contribution in [2.75, 3.05) is 23.4 Å². The monoisotopic (exact) mass is 291 g/mol. The Kier molecular flexibility index (Phi) is 4.35. The molecule has 0 aliphatic carbocycles. The second-order valence-corrected chi connectivity index (χ2v) is 6.26. The van der Waals surface area contributed by atoms with E-state index in [0.717, 1.165) is 17.9 Å². The largest absolute Gasteiger partial charge is 0.293 e. The fraction of sp³-hybridized carbons (Fsp3) is 0.600. The van der Waals surface area contributed by atoms with Crippen molar-refractivity contribution in [1.82, 2.24) is 4.90 Å². The Morgan fingerprint density at radius 3 is 3.21 bits per heavy atom. The number of nitrogens with zero attached hydrogens (tertiary/aromatic N) is 1. The zero-order valence-corrected chi connectivity index (χ0v) is 11.2. The van der Waals surface area contributed by atoms with E-state index in [9.17, 15) is 0 Å². The summed E-state index contributed by atoms with van der Waals surface area (Å²) in [7, 11) is 0.